The van der Waals surface area contributed by atoms with Gasteiger partial charge in [-0.05, 0) is 31.7 Å². The molecule has 1 aromatic rings. The topological polar surface area (TPSA) is 62.4 Å². The smallest absolute Gasteiger partial charge is 0.0558 e. The Bertz CT molecular complexity index is 276. The molecular weight excluding hydrogens is 190 g/mol. The van der Waals surface area contributed by atoms with Gasteiger partial charge in [-0.25, -0.2) is 0 Å². The Hall–Kier alpha value is -0.970. The Morgan fingerprint density at radius 3 is 2.53 bits per heavy atom. The minimum atomic E-state index is 0.0175. The molecule has 3 N–H and O–H groups in total. The van der Waals surface area contributed by atoms with Gasteiger partial charge in [0, 0.05) is 31.0 Å². The summed E-state index contributed by atoms with van der Waals surface area (Å²) in [7, 11) is 1.96. The van der Waals surface area contributed by atoms with Gasteiger partial charge in [0.05, 0.1) is 6.61 Å². The zero-order valence-corrected chi connectivity index (χ0v) is 9.30. The maximum Gasteiger partial charge on any atom is 0.0558 e. The van der Waals surface area contributed by atoms with E-state index in [-0.39, 0.29) is 18.7 Å². The molecule has 0 saturated carbocycles. The average Bonchev–Trinajstić information content (AvgIpc) is 2.19. The molecule has 0 spiro atoms. The second-order valence-electron chi connectivity index (χ2n) is 3.79. The molecule has 0 amide bonds. The zero-order chi connectivity index (χ0) is 11.3. The Kier molecular flexibility index (Phi) is 4.68. The molecule has 0 aromatic carbocycles. The van der Waals surface area contributed by atoms with E-state index in [0.717, 1.165) is 5.56 Å². The minimum Gasteiger partial charge on any atom is -0.395 e. The predicted molar refractivity (Wildman–Crippen MR) is 60.3 cm³/mol. The molecule has 0 bridgehead atoms. The van der Waals surface area contributed by atoms with Gasteiger partial charge in [-0.3, -0.25) is 9.88 Å². The van der Waals surface area contributed by atoms with Crippen molar-refractivity contribution in [1.82, 2.24) is 9.88 Å². The van der Waals surface area contributed by atoms with Gasteiger partial charge < -0.3 is 10.8 Å². The molecule has 0 aliphatic heterocycles. The van der Waals surface area contributed by atoms with Crippen molar-refractivity contribution in [2.75, 3.05) is 20.2 Å². The normalized spacial score (nSPS) is 15.3. The number of nitrogens with two attached hydrogens (primary N) is 1. The summed E-state index contributed by atoms with van der Waals surface area (Å²) in [6, 6.07) is 4.06. The van der Waals surface area contributed by atoms with E-state index >= 15 is 0 Å². The summed E-state index contributed by atoms with van der Waals surface area (Å²) in [5.41, 5.74) is 7.09. The van der Waals surface area contributed by atoms with Gasteiger partial charge in [-0.2, -0.15) is 0 Å². The van der Waals surface area contributed by atoms with Crippen LogP contribution in [-0.2, 0) is 0 Å². The van der Waals surface area contributed by atoms with Crippen LogP contribution in [0.2, 0.25) is 0 Å². The highest BCUT2D eigenvalue weighted by Gasteiger charge is 2.20. The van der Waals surface area contributed by atoms with Crippen molar-refractivity contribution in [2.45, 2.75) is 19.0 Å². The fourth-order valence-corrected chi connectivity index (χ4v) is 1.82. The van der Waals surface area contributed by atoms with E-state index in [0.29, 0.717) is 6.54 Å². The van der Waals surface area contributed by atoms with Crippen LogP contribution in [0.5, 0.6) is 0 Å². The lowest BCUT2D eigenvalue weighted by molar-refractivity contribution is 0.167. The molecule has 2 unspecified atom stereocenters. The molecule has 0 fully saturated rings. The van der Waals surface area contributed by atoms with Crippen LogP contribution in [0, 0.1) is 0 Å². The van der Waals surface area contributed by atoms with Crippen LogP contribution in [0.1, 0.15) is 18.5 Å². The first kappa shape index (κ1) is 12.1. The highest BCUT2D eigenvalue weighted by Crippen LogP contribution is 2.20. The number of aliphatic hydroxyl groups is 1. The highest BCUT2D eigenvalue weighted by molar-refractivity contribution is 5.16. The van der Waals surface area contributed by atoms with Crippen molar-refractivity contribution in [2.24, 2.45) is 5.73 Å². The second-order valence-corrected chi connectivity index (χ2v) is 3.79. The number of nitrogens with zero attached hydrogens (tertiary/aromatic N) is 2. The zero-order valence-electron chi connectivity index (χ0n) is 9.30. The first-order valence-electron chi connectivity index (χ1n) is 5.13. The predicted octanol–water partition coefficient (Wildman–Crippen LogP) is 0.394. The third-order valence-corrected chi connectivity index (χ3v) is 2.47. The molecule has 1 aromatic heterocycles. The van der Waals surface area contributed by atoms with Crippen LogP contribution in [0.3, 0.4) is 0 Å². The third-order valence-electron chi connectivity index (χ3n) is 2.47. The SMILES string of the molecule is CC(N)C(c1ccncc1)N(C)CCO. The molecule has 84 valence electrons. The largest absolute Gasteiger partial charge is 0.395 e. The molecule has 2 atom stereocenters. The van der Waals surface area contributed by atoms with E-state index in [4.69, 9.17) is 10.8 Å². The average molecular weight is 209 g/mol. The van der Waals surface area contributed by atoms with Gasteiger partial charge in [0.25, 0.3) is 0 Å². The number of aliphatic hydroxyl groups excluding tert-OH is 1. The molecule has 1 heterocycles. The van der Waals surface area contributed by atoms with Crippen molar-refractivity contribution in [3.63, 3.8) is 0 Å². The third kappa shape index (κ3) is 3.27. The standard InChI is InChI=1S/C11H19N3O/c1-9(12)11(14(2)7-8-15)10-3-5-13-6-4-10/h3-6,9,11,15H,7-8,12H2,1-2H3. The molecule has 0 radical (unpaired) electrons. The van der Waals surface area contributed by atoms with Crippen molar-refractivity contribution in [3.05, 3.63) is 30.1 Å². The molecule has 15 heavy (non-hydrogen) atoms. The number of rotatable bonds is 5. The molecule has 0 aliphatic rings. The Morgan fingerprint density at radius 2 is 2.07 bits per heavy atom. The summed E-state index contributed by atoms with van der Waals surface area (Å²) in [4.78, 5) is 6.04. The van der Waals surface area contributed by atoms with Gasteiger partial charge in [-0.1, -0.05) is 0 Å². The first-order valence-corrected chi connectivity index (χ1v) is 5.13. The Balaban J connectivity index is 2.83. The van der Waals surface area contributed by atoms with Gasteiger partial charge in [0.15, 0.2) is 0 Å². The van der Waals surface area contributed by atoms with Gasteiger partial charge in [-0.15, -0.1) is 0 Å². The number of hydrogen-bond donors (Lipinski definition) is 2. The number of aromatic nitrogens is 1. The molecule has 4 heteroatoms. The highest BCUT2D eigenvalue weighted by atomic mass is 16.3. The van der Waals surface area contributed by atoms with E-state index in [1.54, 1.807) is 12.4 Å². The maximum absolute atomic E-state index is 8.92. The van der Waals surface area contributed by atoms with Gasteiger partial charge in [0.1, 0.15) is 0 Å². The number of pyridine rings is 1. The van der Waals surface area contributed by atoms with Crippen molar-refractivity contribution >= 4 is 0 Å². The molecule has 0 aliphatic carbocycles. The van der Waals surface area contributed by atoms with Gasteiger partial charge in [0.2, 0.25) is 0 Å². The fourth-order valence-electron chi connectivity index (χ4n) is 1.82. The first-order chi connectivity index (χ1) is 7.16. The van der Waals surface area contributed by atoms with E-state index in [9.17, 15) is 0 Å². The minimum absolute atomic E-state index is 0.0175. The maximum atomic E-state index is 8.92. The summed E-state index contributed by atoms with van der Waals surface area (Å²) in [5, 5.41) is 8.92. The van der Waals surface area contributed by atoms with Crippen molar-refractivity contribution in [1.29, 1.82) is 0 Å². The van der Waals surface area contributed by atoms with E-state index in [1.807, 2.05) is 26.1 Å². The summed E-state index contributed by atoms with van der Waals surface area (Å²) in [6.07, 6.45) is 3.52. The van der Waals surface area contributed by atoms with E-state index in [2.05, 4.69) is 9.88 Å². The van der Waals surface area contributed by atoms with E-state index < -0.39 is 0 Å². The lowest BCUT2D eigenvalue weighted by atomic mass is 10.0. The monoisotopic (exact) mass is 209 g/mol. The van der Waals surface area contributed by atoms with Crippen LogP contribution in [-0.4, -0.2) is 41.2 Å². The number of hydrogen-bond acceptors (Lipinski definition) is 4. The lowest BCUT2D eigenvalue weighted by Gasteiger charge is -2.30. The molecular formula is C11H19N3O. The molecule has 1 rings (SSSR count). The summed E-state index contributed by atoms with van der Waals surface area (Å²) < 4.78 is 0. The van der Waals surface area contributed by atoms with Crippen molar-refractivity contribution < 1.29 is 5.11 Å². The second kappa shape index (κ2) is 5.80. The van der Waals surface area contributed by atoms with Crippen LogP contribution in [0.15, 0.2) is 24.5 Å². The van der Waals surface area contributed by atoms with Crippen LogP contribution in [0.25, 0.3) is 0 Å². The van der Waals surface area contributed by atoms with Crippen LogP contribution < -0.4 is 5.73 Å². The van der Waals surface area contributed by atoms with E-state index in [1.165, 1.54) is 0 Å². The summed E-state index contributed by atoms with van der Waals surface area (Å²) in [6.45, 7) is 2.73. The summed E-state index contributed by atoms with van der Waals surface area (Å²) in [5.74, 6) is 0. The Labute approximate surface area is 90.7 Å². The van der Waals surface area contributed by atoms with Gasteiger partial charge >= 0.3 is 0 Å². The molecule has 0 saturated heterocycles. The lowest BCUT2D eigenvalue weighted by Crippen LogP contribution is -2.38. The fraction of sp³-hybridized carbons (Fsp3) is 0.545. The summed E-state index contributed by atoms with van der Waals surface area (Å²) >= 11 is 0. The number of likely N-dealkylation sites (N-methyl/N-ethyl adjacent to an activating group) is 1. The van der Waals surface area contributed by atoms with Crippen LogP contribution >= 0.6 is 0 Å². The Morgan fingerprint density at radius 1 is 1.47 bits per heavy atom. The molecule has 4 nitrogen and oxygen atoms in total. The van der Waals surface area contributed by atoms with Crippen molar-refractivity contribution in [3.8, 4) is 0 Å². The quantitative estimate of drug-likeness (QED) is 0.736. The van der Waals surface area contributed by atoms with Crippen LogP contribution in [0.4, 0.5) is 0 Å².